The highest BCUT2D eigenvalue weighted by molar-refractivity contribution is 6.01. The number of carboxylic acid groups (broad SMARTS) is 1. The predicted molar refractivity (Wildman–Crippen MR) is 106 cm³/mol. The summed E-state index contributed by atoms with van der Waals surface area (Å²) < 4.78 is 6.26. The maximum Gasteiger partial charge on any atom is 0.369 e. The van der Waals surface area contributed by atoms with Gasteiger partial charge in [0.25, 0.3) is 0 Å². The van der Waals surface area contributed by atoms with Crippen LogP contribution in [-0.4, -0.2) is 11.1 Å². The van der Waals surface area contributed by atoms with Crippen LogP contribution in [0.2, 0.25) is 0 Å². The van der Waals surface area contributed by atoms with Gasteiger partial charge in [0.05, 0.1) is 22.8 Å². The number of rotatable bonds is 4. The van der Waals surface area contributed by atoms with Crippen LogP contribution in [0.3, 0.4) is 0 Å². The Morgan fingerprint density at radius 2 is 1.15 bits per heavy atom. The molecule has 0 atom stereocenters. The first-order chi connectivity index (χ1) is 13.2. The molecule has 0 unspecified atom stereocenters. The zero-order chi connectivity index (χ0) is 18.6. The van der Waals surface area contributed by atoms with E-state index in [0.717, 1.165) is 16.7 Å². The fraction of sp³-hybridized carbons (Fsp3) is 0. The quantitative estimate of drug-likeness (QED) is 0.441. The second kappa shape index (κ2) is 7.26. The Morgan fingerprint density at radius 1 is 0.667 bits per heavy atom. The zero-order valence-electron chi connectivity index (χ0n) is 14.5. The van der Waals surface area contributed by atoms with Crippen LogP contribution in [0.25, 0.3) is 33.8 Å². The Labute approximate surface area is 157 Å². The third kappa shape index (κ3) is 3.35. The van der Waals surface area contributed by atoms with Crippen molar-refractivity contribution < 1.29 is 14.3 Å². The topological polar surface area (TPSA) is 48.6 Å². The molecule has 3 nitrogen and oxygen atoms in total. The van der Waals surface area contributed by atoms with Gasteiger partial charge in [-0.25, -0.2) is 9.21 Å². The molecule has 0 saturated heterocycles. The van der Waals surface area contributed by atoms with Crippen molar-refractivity contribution in [3.05, 3.63) is 103 Å². The van der Waals surface area contributed by atoms with Crippen molar-refractivity contribution in [2.75, 3.05) is 0 Å². The van der Waals surface area contributed by atoms with Crippen molar-refractivity contribution in [3.63, 3.8) is 0 Å². The molecule has 0 aliphatic heterocycles. The van der Waals surface area contributed by atoms with Crippen LogP contribution in [0.15, 0.2) is 101 Å². The first kappa shape index (κ1) is 16.7. The largest absolute Gasteiger partial charge is 0.478 e. The summed E-state index contributed by atoms with van der Waals surface area (Å²) in [5, 5.41) is 9.93. The molecule has 0 aliphatic rings. The molecule has 0 fully saturated rings. The first-order valence-electron chi connectivity index (χ1n) is 8.65. The van der Waals surface area contributed by atoms with E-state index in [1.807, 2.05) is 91.0 Å². The summed E-state index contributed by atoms with van der Waals surface area (Å²) in [6, 6.07) is 30.2. The maximum atomic E-state index is 12.1. The van der Waals surface area contributed by atoms with Gasteiger partial charge in [-0.1, -0.05) is 66.7 Å². The summed E-state index contributed by atoms with van der Waals surface area (Å²) in [6.07, 6.45) is 0. The average Bonchev–Trinajstić information content (AvgIpc) is 2.74. The monoisotopic (exact) mass is 353 g/mol. The van der Waals surface area contributed by atoms with E-state index < -0.39 is 5.97 Å². The summed E-state index contributed by atoms with van der Waals surface area (Å²) in [5.74, 6) is 0.0751. The summed E-state index contributed by atoms with van der Waals surface area (Å²) in [7, 11) is 0. The molecule has 0 radical (unpaired) electrons. The highest BCUT2D eigenvalue weighted by Gasteiger charge is 2.30. The Morgan fingerprint density at radius 3 is 1.67 bits per heavy atom. The van der Waals surface area contributed by atoms with E-state index in [2.05, 4.69) is 0 Å². The van der Waals surface area contributed by atoms with E-state index in [4.69, 9.17) is 4.42 Å². The summed E-state index contributed by atoms with van der Waals surface area (Å²) >= 11 is 0. The van der Waals surface area contributed by atoms with Gasteiger partial charge in [-0.05, 0) is 29.8 Å². The second-order valence-electron chi connectivity index (χ2n) is 6.13. The van der Waals surface area contributed by atoms with Crippen LogP contribution in [0, 0.1) is 0 Å². The Kier molecular flexibility index (Phi) is 4.50. The highest BCUT2D eigenvalue weighted by atomic mass is 16.4. The van der Waals surface area contributed by atoms with E-state index in [1.165, 1.54) is 0 Å². The number of carboxylic acids is 1. The standard InChI is InChI=1S/C24H16O3/c25-24(26)20-16-21(17-10-4-1-5-11-17)27-23(19-14-8-3-9-15-19)22(20)18-12-6-2-7-13-18/h1-16H/p+1. The lowest BCUT2D eigenvalue weighted by atomic mass is 9.94. The van der Waals surface area contributed by atoms with E-state index in [-0.39, 0.29) is 5.56 Å². The van der Waals surface area contributed by atoms with Crippen LogP contribution < -0.4 is 0 Å². The minimum Gasteiger partial charge on any atom is -0.478 e. The average molecular weight is 353 g/mol. The van der Waals surface area contributed by atoms with Crippen molar-refractivity contribution in [3.8, 4) is 33.8 Å². The van der Waals surface area contributed by atoms with Gasteiger partial charge in [0.15, 0.2) is 0 Å². The Bertz CT molecular complexity index is 1070. The van der Waals surface area contributed by atoms with Crippen molar-refractivity contribution in [2.45, 2.75) is 0 Å². The molecule has 0 saturated carbocycles. The number of benzene rings is 3. The minimum absolute atomic E-state index is 0.213. The molecule has 130 valence electrons. The number of hydrogen-bond donors (Lipinski definition) is 1. The molecule has 0 amide bonds. The van der Waals surface area contributed by atoms with Gasteiger partial charge in [-0.3, -0.25) is 0 Å². The minimum atomic E-state index is -0.987. The van der Waals surface area contributed by atoms with Gasteiger partial charge in [0, 0.05) is 0 Å². The van der Waals surface area contributed by atoms with Gasteiger partial charge >= 0.3 is 17.5 Å². The molecule has 1 aromatic heterocycles. The lowest BCUT2D eigenvalue weighted by Crippen LogP contribution is -2.02. The van der Waals surface area contributed by atoms with Crippen molar-refractivity contribution in [1.82, 2.24) is 0 Å². The summed E-state index contributed by atoms with van der Waals surface area (Å²) in [4.78, 5) is 12.1. The van der Waals surface area contributed by atoms with Crippen molar-refractivity contribution in [2.24, 2.45) is 0 Å². The summed E-state index contributed by atoms with van der Waals surface area (Å²) in [5.41, 5.74) is 3.25. The van der Waals surface area contributed by atoms with Crippen LogP contribution in [0.1, 0.15) is 10.4 Å². The molecule has 3 aromatic carbocycles. The van der Waals surface area contributed by atoms with Crippen LogP contribution >= 0.6 is 0 Å². The normalized spacial score (nSPS) is 10.5. The van der Waals surface area contributed by atoms with Crippen LogP contribution in [0.5, 0.6) is 0 Å². The molecule has 27 heavy (non-hydrogen) atoms. The van der Waals surface area contributed by atoms with Crippen LogP contribution in [-0.2, 0) is 0 Å². The SMILES string of the molecule is O=C(O)c1cc(-c2ccccc2)[o+]c(-c2ccccc2)c1-c1ccccc1. The van der Waals surface area contributed by atoms with E-state index >= 15 is 0 Å². The van der Waals surface area contributed by atoms with Gasteiger partial charge in [-0.15, -0.1) is 0 Å². The van der Waals surface area contributed by atoms with Gasteiger partial charge in [0.1, 0.15) is 5.56 Å². The second-order valence-corrected chi connectivity index (χ2v) is 6.13. The Balaban J connectivity index is 2.06. The molecular formula is C24H17O3+. The molecule has 4 rings (SSSR count). The highest BCUT2D eigenvalue weighted by Crippen LogP contribution is 2.38. The lowest BCUT2D eigenvalue weighted by molar-refractivity contribution is 0.0697. The van der Waals surface area contributed by atoms with Gasteiger partial charge < -0.3 is 5.11 Å². The van der Waals surface area contributed by atoms with E-state index in [9.17, 15) is 9.90 Å². The fourth-order valence-electron chi connectivity index (χ4n) is 3.11. The third-order valence-electron chi connectivity index (χ3n) is 4.37. The zero-order valence-corrected chi connectivity index (χ0v) is 14.5. The van der Waals surface area contributed by atoms with Crippen molar-refractivity contribution >= 4 is 5.97 Å². The molecule has 4 aromatic rings. The molecular weight excluding hydrogens is 336 g/mol. The summed E-state index contributed by atoms with van der Waals surface area (Å²) in [6.45, 7) is 0. The molecule has 3 heteroatoms. The smallest absolute Gasteiger partial charge is 0.369 e. The molecule has 0 aliphatic carbocycles. The number of aromatic carboxylic acids is 1. The number of carbonyl (C=O) groups is 1. The van der Waals surface area contributed by atoms with Gasteiger partial charge in [-0.2, -0.15) is 0 Å². The first-order valence-corrected chi connectivity index (χ1v) is 8.65. The maximum absolute atomic E-state index is 12.1. The molecule has 1 N–H and O–H groups in total. The molecule has 0 bridgehead atoms. The number of hydrogen-bond acceptors (Lipinski definition) is 1. The van der Waals surface area contributed by atoms with Crippen LogP contribution in [0.4, 0.5) is 0 Å². The van der Waals surface area contributed by atoms with E-state index in [0.29, 0.717) is 17.1 Å². The van der Waals surface area contributed by atoms with Gasteiger partial charge in [0.2, 0.25) is 0 Å². The Hall–Kier alpha value is -3.72. The lowest BCUT2D eigenvalue weighted by Gasteiger charge is -2.07. The molecule has 0 spiro atoms. The fourth-order valence-corrected chi connectivity index (χ4v) is 3.11. The van der Waals surface area contributed by atoms with E-state index in [1.54, 1.807) is 6.07 Å². The van der Waals surface area contributed by atoms with Crippen molar-refractivity contribution in [1.29, 1.82) is 0 Å². The predicted octanol–water partition coefficient (Wildman–Crippen LogP) is 6.26. The molecule has 1 heterocycles. The third-order valence-corrected chi connectivity index (χ3v) is 4.37.